The summed E-state index contributed by atoms with van der Waals surface area (Å²) in [5, 5.41) is 7.74. The SMILES string of the molecule is CCCN(C1=CCC(C)(c2c3ccccc3c(-c3ccc(-c4ccc5ccccc5c4)cc3)c3ccccc23)C=C1)c1ccccc1N. The van der Waals surface area contributed by atoms with Crippen LogP contribution in [0.1, 0.15) is 32.3 Å². The molecule has 1 aliphatic carbocycles. The number of rotatable bonds is 7. The van der Waals surface area contributed by atoms with Crippen LogP contribution in [0.25, 0.3) is 54.6 Å². The number of hydrogen-bond donors (Lipinski definition) is 1. The van der Waals surface area contributed by atoms with Gasteiger partial charge >= 0.3 is 0 Å². The van der Waals surface area contributed by atoms with Gasteiger partial charge in [0.05, 0.1) is 11.4 Å². The highest BCUT2D eigenvalue weighted by atomic mass is 15.1. The van der Waals surface area contributed by atoms with E-state index in [1.54, 1.807) is 0 Å². The van der Waals surface area contributed by atoms with E-state index in [0.717, 1.165) is 30.8 Å². The fourth-order valence-electron chi connectivity index (χ4n) is 7.71. The maximum absolute atomic E-state index is 6.45. The summed E-state index contributed by atoms with van der Waals surface area (Å²) < 4.78 is 0. The van der Waals surface area contributed by atoms with Gasteiger partial charge in [0.25, 0.3) is 0 Å². The van der Waals surface area contributed by atoms with E-state index in [1.807, 2.05) is 12.1 Å². The van der Waals surface area contributed by atoms with Crippen LogP contribution in [0.4, 0.5) is 11.4 Å². The molecule has 0 heterocycles. The van der Waals surface area contributed by atoms with E-state index < -0.39 is 0 Å². The smallest absolute Gasteiger partial charge is 0.0644 e. The molecule has 48 heavy (non-hydrogen) atoms. The van der Waals surface area contributed by atoms with Crippen molar-refractivity contribution in [2.24, 2.45) is 0 Å². The van der Waals surface area contributed by atoms with E-state index in [9.17, 15) is 0 Å². The van der Waals surface area contributed by atoms with Crippen molar-refractivity contribution in [1.29, 1.82) is 0 Å². The first-order valence-electron chi connectivity index (χ1n) is 17.1. The highest BCUT2D eigenvalue weighted by Crippen LogP contribution is 2.47. The van der Waals surface area contributed by atoms with Crippen molar-refractivity contribution in [3.05, 3.63) is 169 Å². The van der Waals surface area contributed by atoms with Crippen molar-refractivity contribution in [3.63, 3.8) is 0 Å². The number of allylic oxidation sites excluding steroid dienone is 3. The minimum atomic E-state index is -0.179. The van der Waals surface area contributed by atoms with E-state index in [-0.39, 0.29) is 5.41 Å². The molecule has 1 unspecified atom stereocenters. The minimum absolute atomic E-state index is 0.179. The molecule has 7 aromatic rings. The molecule has 2 heteroatoms. The Bertz CT molecular complexity index is 2300. The molecule has 0 fully saturated rings. The molecular weight excluding hydrogens is 581 g/mol. The van der Waals surface area contributed by atoms with Gasteiger partial charge in [0.2, 0.25) is 0 Å². The zero-order chi connectivity index (χ0) is 32.7. The lowest BCUT2D eigenvalue weighted by Gasteiger charge is -2.35. The number of benzene rings is 7. The fourth-order valence-corrected chi connectivity index (χ4v) is 7.71. The molecule has 0 saturated heterocycles. The number of fused-ring (bicyclic) bond motifs is 3. The molecule has 1 aliphatic rings. The van der Waals surface area contributed by atoms with Gasteiger partial charge in [0.1, 0.15) is 0 Å². The van der Waals surface area contributed by atoms with Crippen LogP contribution in [0.3, 0.4) is 0 Å². The summed E-state index contributed by atoms with van der Waals surface area (Å²) in [4.78, 5) is 2.37. The van der Waals surface area contributed by atoms with Crippen molar-refractivity contribution < 1.29 is 0 Å². The van der Waals surface area contributed by atoms with Crippen molar-refractivity contribution >= 4 is 43.7 Å². The predicted octanol–water partition coefficient (Wildman–Crippen LogP) is 12.1. The van der Waals surface area contributed by atoms with Gasteiger partial charge < -0.3 is 10.6 Å². The van der Waals surface area contributed by atoms with Gasteiger partial charge in [-0.1, -0.05) is 147 Å². The van der Waals surface area contributed by atoms with E-state index in [2.05, 4.69) is 164 Å². The summed E-state index contributed by atoms with van der Waals surface area (Å²) in [6, 6.07) is 50.6. The predicted molar refractivity (Wildman–Crippen MR) is 208 cm³/mol. The quantitative estimate of drug-likeness (QED) is 0.142. The summed E-state index contributed by atoms with van der Waals surface area (Å²) in [6.45, 7) is 5.53. The van der Waals surface area contributed by atoms with Crippen LogP contribution in [0.15, 0.2) is 163 Å². The third-order valence-corrected chi connectivity index (χ3v) is 10.1. The topological polar surface area (TPSA) is 29.3 Å². The third kappa shape index (κ3) is 5.15. The number of hydrogen-bond acceptors (Lipinski definition) is 2. The molecule has 2 nitrogen and oxygen atoms in total. The highest BCUT2D eigenvalue weighted by molar-refractivity contribution is 6.15. The summed E-state index contributed by atoms with van der Waals surface area (Å²) >= 11 is 0. The fraction of sp³-hybridized carbons (Fsp3) is 0.130. The number of nitrogens with zero attached hydrogens (tertiary/aromatic N) is 1. The number of para-hydroxylation sites is 2. The Morgan fingerprint density at radius 3 is 1.85 bits per heavy atom. The second-order valence-electron chi connectivity index (χ2n) is 13.3. The number of nitrogen functional groups attached to an aromatic ring is 1. The van der Waals surface area contributed by atoms with Crippen LogP contribution in [0.2, 0.25) is 0 Å². The molecule has 8 rings (SSSR count). The molecule has 234 valence electrons. The van der Waals surface area contributed by atoms with Crippen LogP contribution in [-0.2, 0) is 5.41 Å². The molecule has 0 amide bonds. The third-order valence-electron chi connectivity index (χ3n) is 10.1. The molecule has 7 aromatic carbocycles. The maximum Gasteiger partial charge on any atom is 0.0644 e. The summed E-state index contributed by atoms with van der Waals surface area (Å²) in [6.07, 6.45) is 9.09. The molecule has 0 aliphatic heterocycles. The van der Waals surface area contributed by atoms with Crippen molar-refractivity contribution in [1.82, 2.24) is 0 Å². The molecular formula is C46H40N2. The normalized spacial score (nSPS) is 16.0. The molecule has 2 N–H and O–H groups in total. The largest absolute Gasteiger partial charge is 0.397 e. The lowest BCUT2D eigenvalue weighted by atomic mass is 9.72. The Balaban J connectivity index is 1.22. The Kier molecular flexibility index (Phi) is 7.57. The highest BCUT2D eigenvalue weighted by Gasteiger charge is 2.31. The summed E-state index contributed by atoms with van der Waals surface area (Å²) in [5.74, 6) is 0. The second-order valence-corrected chi connectivity index (χ2v) is 13.3. The van der Waals surface area contributed by atoms with Gasteiger partial charge in [0, 0.05) is 17.7 Å². The van der Waals surface area contributed by atoms with E-state index in [4.69, 9.17) is 5.73 Å². The van der Waals surface area contributed by atoms with Crippen LogP contribution in [0.5, 0.6) is 0 Å². The van der Waals surface area contributed by atoms with Gasteiger partial charge in [-0.15, -0.1) is 0 Å². The van der Waals surface area contributed by atoms with Gasteiger partial charge in [0.15, 0.2) is 0 Å². The van der Waals surface area contributed by atoms with Crippen LogP contribution >= 0.6 is 0 Å². The Morgan fingerprint density at radius 1 is 0.625 bits per heavy atom. The zero-order valence-electron chi connectivity index (χ0n) is 27.7. The standard InChI is InChI=1S/C46H40N2/c1-3-30-48(43-19-11-10-18-42(43)47)37-26-28-46(2,29-27-37)45-40-16-8-6-14-38(40)44(39-15-7-9-17-41(39)45)34-23-20-33(21-24-34)36-25-22-32-12-4-5-13-35(32)31-36/h4-28,31H,3,29-30,47H2,1-2H3. The maximum atomic E-state index is 6.45. The monoisotopic (exact) mass is 620 g/mol. The Morgan fingerprint density at radius 2 is 1.21 bits per heavy atom. The molecule has 0 bridgehead atoms. The number of nitrogens with two attached hydrogens (primary N) is 1. The average molecular weight is 621 g/mol. The Hall–Kier alpha value is -5.60. The minimum Gasteiger partial charge on any atom is -0.397 e. The molecule has 0 radical (unpaired) electrons. The summed E-state index contributed by atoms with van der Waals surface area (Å²) in [7, 11) is 0. The van der Waals surface area contributed by atoms with Crippen molar-refractivity contribution in [3.8, 4) is 22.3 Å². The van der Waals surface area contributed by atoms with Crippen LogP contribution < -0.4 is 10.6 Å². The van der Waals surface area contributed by atoms with Gasteiger partial charge in [-0.25, -0.2) is 0 Å². The molecule has 1 atom stereocenters. The lowest BCUT2D eigenvalue weighted by Crippen LogP contribution is -2.28. The van der Waals surface area contributed by atoms with Gasteiger partial charge in [-0.2, -0.15) is 0 Å². The van der Waals surface area contributed by atoms with Crippen molar-refractivity contribution in [2.75, 3.05) is 17.2 Å². The van der Waals surface area contributed by atoms with E-state index in [1.165, 1.54) is 65.8 Å². The molecule has 0 spiro atoms. The lowest BCUT2D eigenvalue weighted by molar-refractivity contribution is 0.603. The van der Waals surface area contributed by atoms with Crippen molar-refractivity contribution in [2.45, 2.75) is 32.1 Å². The first-order chi connectivity index (χ1) is 23.5. The van der Waals surface area contributed by atoms with E-state index >= 15 is 0 Å². The second kappa shape index (κ2) is 12.2. The molecule has 0 saturated carbocycles. The van der Waals surface area contributed by atoms with Gasteiger partial charge in [-0.05, 0) is 97.3 Å². The molecule has 0 aromatic heterocycles. The van der Waals surface area contributed by atoms with Crippen LogP contribution in [0, 0.1) is 0 Å². The Labute approximate surface area is 283 Å². The first kappa shape index (κ1) is 29.8. The zero-order valence-corrected chi connectivity index (χ0v) is 27.7. The van der Waals surface area contributed by atoms with Crippen LogP contribution in [-0.4, -0.2) is 6.54 Å². The summed E-state index contributed by atoms with van der Waals surface area (Å²) in [5.41, 5.74) is 15.8. The van der Waals surface area contributed by atoms with E-state index in [0.29, 0.717) is 0 Å². The number of anilines is 2. The van der Waals surface area contributed by atoms with Gasteiger partial charge in [-0.3, -0.25) is 0 Å². The first-order valence-corrected chi connectivity index (χ1v) is 17.1. The average Bonchev–Trinajstić information content (AvgIpc) is 3.13.